The molecule has 0 saturated carbocycles. The summed E-state index contributed by atoms with van der Waals surface area (Å²) in [5.41, 5.74) is 1.55. The highest BCUT2D eigenvalue weighted by Gasteiger charge is 2.39. The third-order valence-electron chi connectivity index (χ3n) is 3.62. The molecule has 96 valence electrons. The van der Waals surface area contributed by atoms with Gasteiger partial charge in [0, 0.05) is 19.6 Å². The predicted octanol–water partition coefficient (Wildman–Crippen LogP) is 1.82. The second-order valence-corrected chi connectivity index (χ2v) is 4.83. The molecule has 2 rings (SSSR count). The maximum Gasteiger partial charge on any atom is 0.110 e. The molecule has 0 spiro atoms. The Hall–Kier alpha value is -1.57. The highest BCUT2D eigenvalue weighted by molar-refractivity contribution is 5.62. The Morgan fingerprint density at radius 2 is 2.39 bits per heavy atom. The fourth-order valence-corrected chi connectivity index (χ4v) is 2.24. The molecule has 18 heavy (non-hydrogen) atoms. The van der Waals surface area contributed by atoms with Gasteiger partial charge in [0.1, 0.15) is 11.7 Å². The number of rotatable bonds is 3. The molecule has 1 heterocycles. The van der Waals surface area contributed by atoms with Crippen LogP contribution >= 0.6 is 0 Å². The summed E-state index contributed by atoms with van der Waals surface area (Å²) in [6.45, 7) is 4.80. The number of nitriles is 1. The first-order valence-electron chi connectivity index (χ1n) is 6.14. The molecule has 4 nitrogen and oxygen atoms in total. The third-order valence-corrected chi connectivity index (χ3v) is 3.62. The van der Waals surface area contributed by atoms with Crippen LogP contribution in [0.3, 0.4) is 0 Å². The molecule has 0 aromatic heterocycles. The van der Waals surface area contributed by atoms with Crippen LogP contribution in [0.2, 0.25) is 0 Å². The quantitative estimate of drug-likeness (QED) is 0.853. The minimum Gasteiger partial charge on any atom is -0.385 e. The van der Waals surface area contributed by atoms with Gasteiger partial charge in [0.15, 0.2) is 0 Å². The van der Waals surface area contributed by atoms with E-state index in [9.17, 15) is 5.11 Å². The molecule has 1 saturated heterocycles. The van der Waals surface area contributed by atoms with Gasteiger partial charge in [-0.25, -0.2) is 0 Å². The van der Waals surface area contributed by atoms with Gasteiger partial charge in [0.2, 0.25) is 0 Å². The first-order valence-corrected chi connectivity index (χ1v) is 6.14. The molecule has 4 heteroatoms. The van der Waals surface area contributed by atoms with Gasteiger partial charge < -0.3 is 15.2 Å². The van der Waals surface area contributed by atoms with E-state index < -0.39 is 5.60 Å². The summed E-state index contributed by atoms with van der Waals surface area (Å²) in [7, 11) is 0. The van der Waals surface area contributed by atoms with E-state index in [1.54, 1.807) is 6.07 Å². The van der Waals surface area contributed by atoms with E-state index in [-0.39, 0.29) is 6.10 Å². The molecule has 1 aliphatic rings. The van der Waals surface area contributed by atoms with E-state index in [4.69, 9.17) is 10.00 Å². The van der Waals surface area contributed by atoms with Crippen LogP contribution in [0.1, 0.15) is 24.5 Å². The first-order chi connectivity index (χ1) is 8.57. The van der Waals surface area contributed by atoms with Crippen LogP contribution in [-0.2, 0) is 4.74 Å². The smallest absolute Gasteiger partial charge is 0.110 e. The van der Waals surface area contributed by atoms with Crippen LogP contribution in [0.5, 0.6) is 0 Å². The molecule has 1 aromatic carbocycles. The normalized spacial score (nSPS) is 26.9. The number of aliphatic hydroxyl groups is 1. The molecule has 0 amide bonds. The highest BCUT2D eigenvalue weighted by atomic mass is 16.5. The standard InChI is InChI=1S/C14H18N2O2/c1-10-4-3-5-12(8-15)13(10)16-9-14(17)6-7-18-11(14)2/h3-5,11,16-17H,6-7,9H2,1-2H3. The van der Waals surface area contributed by atoms with Gasteiger partial charge in [-0.3, -0.25) is 0 Å². The largest absolute Gasteiger partial charge is 0.385 e. The molecule has 2 unspecified atom stereocenters. The summed E-state index contributed by atoms with van der Waals surface area (Å²) < 4.78 is 5.39. The van der Waals surface area contributed by atoms with E-state index >= 15 is 0 Å². The zero-order valence-electron chi connectivity index (χ0n) is 10.7. The predicted molar refractivity (Wildman–Crippen MR) is 69.4 cm³/mol. The molecular formula is C14H18N2O2. The fraction of sp³-hybridized carbons (Fsp3) is 0.500. The highest BCUT2D eigenvalue weighted by Crippen LogP contribution is 2.27. The van der Waals surface area contributed by atoms with Crippen LogP contribution in [0, 0.1) is 18.3 Å². The van der Waals surface area contributed by atoms with Crippen molar-refractivity contribution in [3.63, 3.8) is 0 Å². The topological polar surface area (TPSA) is 65.3 Å². The van der Waals surface area contributed by atoms with Crippen LogP contribution < -0.4 is 5.32 Å². The van der Waals surface area contributed by atoms with Crippen molar-refractivity contribution in [3.05, 3.63) is 29.3 Å². The number of para-hydroxylation sites is 1. The number of hydrogen-bond acceptors (Lipinski definition) is 4. The van der Waals surface area contributed by atoms with E-state index in [2.05, 4.69) is 11.4 Å². The van der Waals surface area contributed by atoms with Crippen molar-refractivity contribution >= 4 is 5.69 Å². The van der Waals surface area contributed by atoms with Crippen molar-refractivity contribution in [1.82, 2.24) is 0 Å². The summed E-state index contributed by atoms with van der Waals surface area (Å²) in [6, 6.07) is 7.73. The summed E-state index contributed by atoms with van der Waals surface area (Å²) in [5, 5.41) is 22.7. The lowest BCUT2D eigenvalue weighted by Gasteiger charge is -2.27. The molecule has 2 N–H and O–H groups in total. The van der Waals surface area contributed by atoms with E-state index in [1.807, 2.05) is 26.0 Å². The summed E-state index contributed by atoms with van der Waals surface area (Å²) in [6.07, 6.45) is 0.439. The molecule has 1 fully saturated rings. The second-order valence-electron chi connectivity index (χ2n) is 4.83. The number of benzene rings is 1. The van der Waals surface area contributed by atoms with Crippen molar-refractivity contribution in [2.75, 3.05) is 18.5 Å². The fourth-order valence-electron chi connectivity index (χ4n) is 2.24. The average Bonchev–Trinajstić information content (AvgIpc) is 2.68. The van der Waals surface area contributed by atoms with Gasteiger partial charge in [0.05, 0.1) is 17.4 Å². The van der Waals surface area contributed by atoms with Crippen LogP contribution in [0.4, 0.5) is 5.69 Å². The van der Waals surface area contributed by atoms with E-state index in [1.165, 1.54) is 0 Å². The molecular weight excluding hydrogens is 228 g/mol. The Balaban J connectivity index is 2.14. The Morgan fingerprint density at radius 3 is 3.00 bits per heavy atom. The minimum absolute atomic E-state index is 0.181. The van der Waals surface area contributed by atoms with Gasteiger partial charge in [0.25, 0.3) is 0 Å². The van der Waals surface area contributed by atoms with Crippen LogP contribution in [0.15, 0.2) is 18.2 Å². The van der Waals surface area contributed by atoms with E-state index in [0.717, 1.165) is 11.3 Å². The van der Waals surface area contributed by atoms with Crippen molar-refractivity contribution in [1.29, 1.82) is 5.26 Å². The van der Waals surface area contributed by atoms with Gasteiger partial charge in [-0.05, 0) is 25.5 Å². The number of anilines is 1. The van der Waals surface area contributed by atoms with Gasteiger partial charge in [-0.2, -0.15) is 5.26 Å². The number of nitrogens with one attached hydrogen (secondary N) is 1. The molecule has 1 aromatic rings. The van der Waals surface area contributed by atoms with Crippen molar-refractivity contribution < 1.29 is 9.84 Å². The zero-order chi connectivity index (χ0) is 13.2. The Kier molecular flexibility index (Phi) is 3.55. The lowest BCUT2D eigenvalue weighted by molar-refractivity contribution is -0.0176. The SMILES string of the molecule is Cc1cccc(C#N)c1NCC1(O)CCOC1C. The number of hydrogen-bond donors (Lipinski definition) is 2. The first kappa shape index (κ1) is 12.9. The maximum absolute atomic E-state index is 10.4. The van der Waals surface area contributed by atoms with Crippen molar-refractivity contribution in [2.24, 2.45) is 0 Å². The summed E-state index contributed by atoms with van der Waals surface area (Å²) in [5.74, 6) is 0. The molecule has 0 radical (unpaired) electrons. The molecule has 1 aliphatic heterocycles. The molecule has 0 bridgehead atoms. The maximum atomic E-state index is 10.4. The number of ether oxygens (including phenoxy) is 1. The van der Waals surface area contributed by atoms with Gasteiger partial charge in [-0.15, -0.1) is 0 Å². The number of nitrogens with zero attached hydrogens (tertiary/aromatic N) is 1. The lowest BCUT2D eigenvalue weighted by atomic mass is 9.96. The summed E-state index contributed by atoms with van der Waals surface area (Å²) >= 11 is 0. The minimum atomic E-state index is -0.852. The molecule has 2 atom stereocenters. The Morgan fingerprint density at radius 1 is 1.61 bits per heavy atom. The zero-order valence-corrected chi connectivity index (χ0v) is 10.7. The Bertz CT molecular complexity index is 481. The molecule has 0 aliphatic carbocycles. The van der Waals surface area contributed by atoms with Crippen molar-refractivity contribution in [2.45, 2.75) is 32.0 Å². The van der Waals surface area contributed by atoms with Crippen molar-refractivity contribution in [3.8, 4) is 6.07 Å². The summed E-state index contributed by atoms with van der Waals surface area (Å²) in [4.78, 5) is 0. The average molecular weight is 246 g/mol. The third kappa shape index (κ3) is 2.33. The Labute approximate surface area is 107 Å². The lowest BCUT2D eigenvalue weighted by Crippen LogP contribution is -2.43. The number of aryl methyl sites for hydroxylation is 1. The van der Waals surface area contributed by atoms with Crippen LogP contribution in [-0.4, -0.2) is 30.0 Å². The van der Waals surface area contributed by atoms with Crippen LogP contribution in [0.25, 0.3) is 0 Å². The van der Waals surface area contributed by atoms with E-state index in [0.29, 0.717) is 25.1 Å². The van der Waals surface area contributed by atoms with Gasteiger partial charge in [-0.1, -0.05) is 12.1 Å². The monoisotopic (exact) mass is 246 g/mol. The second kappa shape index (κ2) is 4.97. The van der Waals surface area contributed by atoms with Gasteiger partial charge >= 0.3 is 0 Å².